The Morgan fingerprint density at radius 1 is 1.32 bits per heavy atom. The molecule has 1 saturated heterocycles. The van der Waals surface area contributed by atoms with Crippen molar-refractivity contribution in [2.75, 3.05) is 16.8 Å². The molecule has 2 heterocycles. The van der Waals surface area contributed by atoms with Crippen LogP contribution in [0.3, 0.4) is 0 Å². The van der Waals surface area contributed by atoms with Crippen molar-refractivity contribution in [1.29, 1.82) is 0 Å². The van der Waals surface area contributed by atoms with Gasteiger partial charge in [0.05, 0.1) is 5.92 Å². The van der Waals surface area contributed by atoms with Crippen molar-refractivity contribution in [2.24, 2.45) is 5.92 Å². The number of hydrogen-bond donors (Lipinski definition) is 1. The summed E-state index contributed by atoms with van der Waals surface area (Å²) in [6.07, 6.45) is -4.61. The Labute approximate surface area is 144 Å². The molecule has 10 heteroatoms. The first-order valence-electron chi connectivity index (χ1n) is 7.33. The van der Waals surface area contributed by atoms with Gasteiger partial charge in [-0.3, -0.25) is 9.59 Å². The fourth-order valence-corrected chi connectivity index (χ4v) is 3.19. The number of aryl methyl sites for hydroxylation is 1. The molecule has 1 aliphatic heterocycles. The van der Waals surface area contributed by atoms with Gasteiger partial charge in [-0.05, 0) is 18.6 Å². The average Bonchev–Trinajstić information content (AvgIpc) is 3.14. The number of halogens is 3. The molecule has 1 N–H and O–H groups in total. The summed E-state index contributed by atoms with van der Waals surface area (Å²) in [5.74, 6) is -1.41. The molecule has 2 amide bonds. The van der Waals surface area contributed by atoms with Gasteiger partial charge in [0.2, 0.25) is 22.0 Å². The fourth-order valence-electron chi connectivity index (χ4n) is 2.58. The van der Waals surface area contributed by atoms with E-state index in [1.54, 1.807) is 12.1 Å². The molecular formula is C15H13F3N4O2S. The van der Waals surface area contributed by atoms with Crippen LogP contribution >= 0.6 is 11.3 Å². The average molecular weight is 370 g/mol. The minimum atomic E-state index is -4.61. The van der Waals surface area contributed by atoms with Gasteiger partial charge in [0.15, 0.2) is 0 Å². The molecule has 6 nitrogen and oxygen atoms in total. The Morgan fingerprint density at radius 3 is 2.68 bits per heavy atom. The fraction of sp³-hybridized carbons (Fsp3) is 0.333. The Morgan fingerprint density at radius 2 is 2.04 bits per heavy atom. The van der Waals surface area contributed by atoms with Gasteiger partial charge in [-0.15, -0.1) is 10.2 Å². The van der Waals surface area contributed by atoms with Gasteiger partial charge in [-0.25, -0.2) is 0 Å². The van der Waals surface area contributed by atoms with Crippen LogP contribution in [-0.4, -0.2) is 28.6 Å². The molecule has 1 fully saturated rings. The van der Waals surface area contributed by atoms with Gasteiger partial charge in [0.1, 0.15) is 0 Å². The summed E-state index contributed by atoms with van der Waals surface area (Å²) in [6.45, 7) is 2.02. The van der Waals surface area contributed by atoms with Crippen LogP contribution in [0.4, 0.5) is 24.0 Å². The second-order valence-corrected chi connectivity index (χ2v) is 6.57. The normalized spacial score (nSPS) is 17.8. The quantitative estimate of drug-likeness (QED) is 0.902. The number of nitrogens with zero attached hydrogens (tertiary/aromatic N) is 3. The lowest BCUT2D eigenvalue weighted by atomic mass is 10.1. The maximum absolute atomic E-state index is 12.5. The van der Waals surface area contributed by atoms with Crippen molar-refractivity contribution < 1.29 is 22.8 Å². The first-order valence-corrected chi connectivity index (χ1v) is 8.15. The van der Waals surface area contributed by atoms with Crippen molar-refractivity contribution >= 4 is 34.0 Å². The smallest absolute Gasteiger partial charge is 0.311 e. The third-order valence-electron chi connectivity index (χ3n) is 3.80. The van der Waals surface area contributed by atoms with Crippen LogP contribution < -0.4 is 10.2 Å². The van der Waals surface area contributed by atoms with E-state index in [0.717, 1.165) is 11.3 Å². The number of hydrogen-bond acceptors (Lipinski definition) is 5. The van der Waals surface area contributed by atoms with Crippen LogP contribution in [-0.2, 0) is 15.8 Å². The predicted molar refractivity (Wildman–Crippen MR) is 85.2 cm³/mol. The number of benzene rings is 1. The van der Waals surface area contributed by atoms with Crippen LogP contribution in [0.2, 0.25) is 0 Å². The zero-order chi connectivity index (χ0) is 18.2. The maximum Gasteiger partial charge on any atom is 0.445 e. The molecular weight excluding hydrogens is 357 g/mol. The number of alkyl halides is 3. The topological polar surface area (TPSA) is 75.2 Å². The molecule has 1 aromatic heterocycles. The number of amides is 2. The number of aromatic nitrogens is 2. The Balaban J connectivity index is 1.69. The van der Waals surface area contributed by atoms with Gasteiger partial charge < -0.3 is 10.2 Å². The summed E-state index contributed by atoms with van der Waals surface area (Å²) >= 11 is 0.250. The zero-order valence-electron chi connectivity index (χ0n) is 13.0. The van der Waals surface area contributed by atoms with Crippen LogP contribution in [0.15, 0.2) is 24.3 Å². The lowest BCUT2D eigenvalue weighted by Gasteiger charge is -2.18. The van der Waals surface area contributed by atoms with Crippen molar-refractivity contribution in [3.63, 3.8) is 0 Å². The summed E-state index contributed by atoms with van der Waals surface area (Å²) in [5, 5.41) is 7.27. The van der Waals surface area contributed by atoms with E-state index in [1.165, 1.54) is 4.90 Å². The van der Waals surface area contributed by atoms with Gasteiger partial charge in [0, 0.05) is 18.7 Å². The van der Waals surface area contributed by atoms with E-state index >= 15 is 0 Å². The molecule has 132 valence electrons. The van der Waals surface area contributed by atoms with Crippen molar-refractivity contribution in [3.8, 4) is 0 Å². The van der Waals surface area contributed by atoms with Crippen LogP contribution in [0.5, 0.6) is 0 Å². The lowest BCUT2D eigenvalue weighted by molar-refractivity contribution is -0.138. The number of para-hydroxylation sites is 1. The van der Waals surface area contributed by atoms with Crippen molar-refractivity contribution in [2.45, 2.75) is 19.5 Å². The van der Waals surface area contributed by atoms with Crippen LogP contribution in [0, 0.1) is 12.8 Å². The molecule has 1 aromatic carbocycles. The second kappa shape index (κ2) is 6.43. The Bertz CT molecular complexity index is 821. The van der Waals surface area contributed by atoms with E-state index in [9.17, 15) is 22.8 Å². The van der Waals surface area contributed by atoms with E-state index in [4.69, 9.17) is 0 Å². The largest absolute Gasteiger partial charge is 0.445 e. The summed E-state index contributed by atoms with van der Waals surface area (Å²) in [4.78, 5) is 26.0. The lowest BCUT2D eigenvalue weighted by Crippen LogP contribution is -2.28. The molecule has 2 aromatic rings. The second-order valence-electron chi connectivity index (χ2n) is 5.59. The molecule has 0 radical (unpaired) electrons. The van der Waals surface area contributed by atoms with E-state index < -0.39 is 23.0 Å². The van der Waals surface area contributed by atoms with E-state index in [0.29, 0.717) is 0 Å². The first kappa shape index (κ1) is 17.3. The SMILES string of the molecule is Cc1ccccc1N1CC(C(=O)Nc2nnc(C(F)(F)F)s2)CC1=O. The molecule has 0 spiro atoms. The molecule has 1 unspecified atom stereocenters. The zero-order valence-corrected chi connectivity index (χ0v) is 13.8. The highest BCUT2D eigenvalue weighted by molar-refractivity contribution is 7.15. The van der Waals surface area contributed by atoms with Gasteiger partial charge in [-0.1, -0.05) is 29.5 Å². The molecule has 0 saturated carbocycles. The Hall–Kier alpha value is -2.49. The highest BCUT2D eigenvalue weighted by Gasteiger charge is 2.38. The van der Waals surface area contributed by atoms with Crippen LogP contribution in [0.1, 0.15) is 17.0 Å². The molecule has 1 atom stereocenters. The van der Waals surface area contributed by atoms with E-state index in [2.05, 4.69) is 15.5 Å². The predicted octanol–water partition coefficient (Wildman–Crippen LogP) is 2.86. The third kappa shape index (κ3) is 3.63. The third-order valence-corrected chi connectivity index (χ3v) is 4.68. The monoisotopic (exact) mass is 370 g/mol. The maximum atomic E-state index is 12.5. The first-order chi connectivity index (χ1) is 11.8. The summed E-state index contributed by atoms with van der Waals surface area (Å²) in [7, 11) is 0. The number of carbonyl (C=O) groups is 2. The summed E-state index contributed by atoms with van der Waals surface area (Å²) in [5.41, 5.74) is 1.62. The summed E-state index contributed by atoms with van der Waals surface area (Å²) < 4.78 is 37.5. The standard InChI is InChI=1S/C15H13F3N4O2S/c1-8-4-2-3-5-10(8)22-7-9(6-11(22)23)12(24)19-14-21-20-13(25-14)15(16,17)18/h2-5,9H,6-7H2,1H3,(H,19,21,24). The van der Waals surface area contributed by atoms with Gasteiger partial charge >= 0.3 is 6.18 Å². The minimum absolute atomic E-state index is 0.00883. The van der Waals surface area contributed by atoms with Crippen molar-refractivity contribution in [3.05, 3.63) is 34.8 Å². The van der Waals surface area contributed by atoms with Gasteiger partial charge in [-0.2, -0.15) is 13.2 Å². The molecule has 0 aliphatic carbocycles. The molecule has 3 rings (SSSR count). The number of carbonyl (C=O) groups excluding carboxylic acids is 2. The number of rotatable bonds is 3. The summed E-state index contributed by atoms with van der Waals surface area (Å²) in [6, 6.07) is 7.28. The molecule has 25 heavy (non-hydrogen) atoms. The highest BCUT2D eigenvalue weighted by Crippen LogP contribution is 2.33. The number of anilines is 2. The molecule has 0 bridgehead atoms. The molecule has 1 aliphatic rings. The van der Waals surface area contributed by atoms with E-state index in [1.807, 2.05) is 19.1 Å². The Kier molecular flexibility index (Phi) is 4.46. The minimum Gasteiger partial charge on any atom is -0.311 e. The van der Waals surface area contributed by atoms with Gasteiger partial charge in [0.25, 0.3) is 0 Å². The number of nitrogens with one attached hydrogen (secondary N) is 1. The highest BCUT2D eigenvalue weighted by atomic mass is 32.1. The van der Waals surface area contributed by atoms with E-state index in [-0.39, 0.29) is 35.3 Å². The van der Waals surface area contributed by atoms with Crippen LogP contribution in [0.25, 0.3) is 0 Å². The van der Waals surface area contributed by atoms with Crippen molar-refractivity contribution in [1.82, 2.24) is 10.2 Å².